The maximum Gasteiger partial charge on any atom is 0.255 e. The quantitative estimate of drug-likeness (QED) is 0.667. The first-order valence-corrected chi connectivity index (χ1v) is 9.67. The number of nitrogens with one attached hydrogen (secondary N) is 1. The van der Waals surface area contributed by atoms with Crippen LogP contribution in [0.15, 0.2) is 78.9 Å². The molecule has 6 nitrogen and oxygen atoms in total. The van der Waals surface area contributed by atoms with Crippen LogP contribution < -0.4 is 11.1 Å². The zero-order chi connectivity index (χ0) is 21.1. The summed E-state index contributed by atoms with van der Waals surface area (Å²) in [6.07, 6.45) is 0.352. The first kappa shape index (κ1) is 19.4. The normalized spacial score (nSPS) is 13.6. The van der Waals surface area contributed by atoms with Crippen molar-refractivity contribution in [2.75, 3.05) is 5.32 Å². The van der Waals surface area contributed by atoms with Gasteiger partial charge in [0.15, 0.2) is 0 Å². The van der Waals surface area contributed by atoms with Gasteiger partial charge in [-0.15, -0.1) is 0 Å². The standard InChI is InChI=1S/C24H21N3O3/c25-22(28)19-12-6-7-13-20(19)26-23(29)21(14-16-8-2-1-3-9-16)27-15-17-10-4-5-11-18(17)24(27)30/h1-13,21H,14-15H2,(H2,25,28)(H,26,29). The van der Waals surface area contributed by atoms with Gasteiger partial charge in [0.1, 0.15) is 6.04 Å². The van der Waals surface area contributed by atoms with E-state index in [1.807, 2.05) is 48.5 Å². The van der Waals surface area contributed by atoms with E-state index >= 15 is 0 Å². The highest BCUT2D eigenvalue weighted by atomic mass is 16.2. The van der Waals surface area contributed by atoms with Crippen molar-refractivity contribution in [3.05, 3.63) is 101 Å². The Hall–Kier alpha value is -3.93. The molecule has 0 spiro atoms. The Morgan fingerprint density at radius 1 is 0.933 bits per heavy atom. The van der Waals surface area contributed by atoms with Crippen LogP contribution >= 0.6 is 0 Å². The van der Waals surface area contributed by atoms with Gasteiger partial charge >= 0.3 is 0 Å². The number of amides is 3. The zero-order valence-electron chi connectivity index (χ0n) is 16.2. The molecule has 1 aliphatic rings. The molecule has 30 heavy (non-hydrogen) atoms. The van der Waals surface area contributed by atoms with Crippen LogP contribution in [0.2, 0.25) is 0 Å². The number of primary amides is 1. The maximum absolute atomic E-state index is 13.3. The number of anilines is 1. The van der Waals surface area contributed by atoms with Crippen LogP contribution in [0, 0.1) is 0 Å². The van der Waals surface area contributed by atoms with E-state index in [1.165, 1.54) is 0 Å². The van der Waals surface area contributed by atoms with E-state index in [9.17, 15) is 14.4 Å². The van der Waals surface area contributed by atoms with Crippen molar-refractivity contribution in [1.29, 1.82) is 0 Å². The number of benzene rings is 3. The Kier molecular flexibility index (Phi) is 5.30. The molecule has 1 heterocycles. The predicted octanol–water partition coefficient (Wildman–Crippen LogP) is 2.99. The molecular formula is C24H21N3O3. The van der Waals surface area contributed by atoms with Crippen LogP contribution in [0.5, 0.6) is 0 Å². The maximum atomic E-state index is 13.3. The third-order valence-corrected chi connectivity index (χ3v) is 5.25. The third kappa shape index (κ3) is 3.80. The summed E-state index contributed by atoms with van der Waals surface area (Å²) in [6, 6.07) is 22.7. The molecule has 3 aromatic carbocycles. The number of carbonyl (C=O) groups excluding carboxylic acids is 3. The van der Waals surface area contributed by atoms with Crippen LogP contribution in [0.1, 0.15) is 31.8 Å². The summed E-state index contributed by atoms with van der Waals surface area (Å²) in [5.41, 5.74) is 8.43. The van der Waals surface area contributed by atoms with Gasteiger partial charge in [0.05, 0.1) is 11.3 Å². The first-order chi connectivity index (χ1) is 14.5. The molecule has 1 atom stereocenters. The fourth-order valence-electron chi connectivity index (χ4n) is 3.73. The van der Waals surface area contributed by atoms with Gasteiger partial charge in [-0.3, -0.25) is 14.4 Å². The molecule has 0 saturated heterocycles. The molecule has 0 bridgehead atoms. The Bertz CT molecular complexity index is 1110. The lowest BCUT2D eigenvalue weighted by molar-refractivity contribution is -0.120. The second-order valence-corrected chi connectivity index (χ2v) is 7.19. The SMILES string of the molecule is NC(=O)c1ccccc1NC(=O)C(Cc1ccccc1)N1Cc2ccccc2C1=O. The molecule has 0 radical (unpaired) electrons. The van der Waals surface area contributed by atoms with Gasteiger partial charge in [-0.05, 0) is 29.3 Å². The lowest BCUT2D eigenvalue weighted by Crippen LogP contribution is -2.45. The minimum absolute atomic E-state index is 0.176. The number of nitrogens with zero attached hydrogens (tertiary/aromatic N) is 1. The molecule has 1 aliphatic heterocycles. The van der Waals surface area contributed by atoms with E-state index in [4.69, 9.17) is 5.73 Å². The van der Waals surface area contributed by atoms with E-state index in [0.29, 0.717) is 24.2 Å². The number of carbonyl (C=O) groups is 3. The summed E-state index contributed by atoms with van der Waals surface area (Å²) >= 11 is 0. The van der Waals surface area contributed by atoms with Crippen LogP contribution in [0.3, 0.4) is 0 Å². The van der Waals surface area contributed by atoms with Gasteiger partial charge in [-0.2, -0.15) is 0 Å². The van der Waals surface area contributed by atoms with Gasteiger partial charge < -0.3 is 16.0 Å². The number of para-hydroxylation sites is 1. The molecule has 3 N–H and O–H groups in total. The summed E-state index contributed by atoms with van der Waals surface area (Å²) in [4.78, 5) is 39.7. The van der Waals surface area contributed by atoms with Crippen molar-refractivity contribution in [3.8, 4) is 0 Å². The predicted molar refractivity (Wildman–Crippen MR) is 114 cm³/mol. The first-order valence-electron chi connectivity index (χ1n) is 9.67. The molecule has 0 aromatic heterocycles. The molecular weight excluding hydrogens is 378 g/mol. The summed E-state index contributed by atoms with van der Waals surface area (Å²) in [7, 11) is 0. The molecule has 0 fully saturated rings. The monoisotopic (exact) mass is 399 g/mol. The van der Waals surface area contributed by atoms with Crippen molar-refractivity contribution in [2.24, 2.45) is 5.73 Å². The molecule has 4 rings (SSSR count). The molecule has 1 unspecified atom stereocenters. The molecule has 150 valence electrons. The van der Waals surface area contributed by atoms with Gasteiger partial charge in [0.25, 0.3) is 11.8 Å². The van der Waals surface area contributed by atoms with E-state index in [-0.39, 0.29) is 17.4 Å². The smallest absolute Gasteiger partial charge is 0.255 e. The fraction of sp³-hybridized carbons (Fsp3) is 0.125. The van der Waals surface area contributed by atoms with E-state index in [2.05, 4.69) is 5.32 Å². The second-order valence-electron chi connectivity index (χ2n) is 7.19. The van der Waals surface area contributed by atoms with E-state index in [1.54, 1.807) is 35.2 Å². The average Bonchev–Trinajstić information content (AvgIpc) is 3.09. The van der Waals surface area contributed by atoms with Crippen LogP contribution in [0.25, 0.3) is 0 Å². The Labute approximate surface area is 174 Å². The minimum Gasteiger partial charge on any atom is -0.366 e. The van der Waals surface area contributed by atoms with Crippen molar-refractivity contribution in [2.45, 2.75) is 19.0 Å². The molecule has 3 amide bonds. The highest BCUT2D eigenvalue weighted by Gasteiger charge is 2.36. The molecule has 0 saturated carbocycles. The second kappa shape index (κ2) is 8.21. The van der Waals surface area contributed by atoms with Gasteiger partial charge in [-0.1, -0.05) is 60.7 Å². The number of hydrogen-bond acceptors (Lipinski definition) is 3. The number of rotatable bonds is 6. The summed E-state index contributed by atoms with van der Waals surface area (Å²) in [5.74, 6) is -1.17. The molecule has 0 aliphatic carbocycles. The van der Waals surface area contributed by atoms with Gasteiger partial charge in [0.2, 0.25) is 5.91 Å². The van der Waals surface area contributed by atoms with Crippen molar-refractivity contribution in [3.63, 3.8) is 0 Å². The van der Waals surface area contributed by atoms with E-state index < -0.39 is 11.9 Å². The Morgan fingerprint density at radius 2 is 1.60 bits per heavy atom. The largest absolute Gasteiger partial charge is 0.366 e. The van der Waals surface area contributed by atoms with Crippen LogP contribution in [-0.4, -0.2) is 28.7 Å². The highest BCUT2D eigenvalue weighted by molar-refractivity contribution is 6.06. The van der Waals surface area contributed by atoms with Gasteiger partial charge in [-0.25, -0.2) is 0 Å². The molecule has 3 aromatic rings. The number of hydrogen-bond donors (Lipinski definition) is 2. The Morgan fingerprint density at radius 3 is 2.33 bits per heavy atom. The van der Waals surface area contributed by atoms with Crippen LogP contribution in [0.4, 0.5) is 5.69 Å². The van der Waals surface area contributed by atoms with Gasteiger partial charge in [0, 0.05) is 18.5 Å². The summed E-state index contributed by atoms with van der Waals surface area (Å²) < 4.78 is 0. The topological polar surface area (TPSA) is 92.5 Å². The third-order valence-electron chi connectivity index (χ3n) is 5.25. The molecule has 6 heteroatoms. The van der Waals surface area contributed by atoms with Crippen molar-refractivity contribution >= 4 is 23.4 Å². The highest BCUT2D eigenvalue weighted by Crippen LogP contribution is 2.27. The summed E-state index contributed by atoms with van der Waals surface area (Å²) in [5, 5.41) is 2.80. The van der Waals surface area contributed by atoms with Crippen molar-refractivity contribution < 1.29 is 14.4 Å². The fourth-order valence-corrected chi connectivity index (χ4v) is 3.73. The number of nitrogens with two attached hydrogens (primary N) is 1. The lowest BCUT2D eigenvalue weighted by atomic mass is 10.0. The number of fused-ring (bicyclic) bond motifs is 1. The van der Waals surface area contributed by atoms with Crippen molar-refractivity contribution in [1.82, 2.24) is 4.90 Å². The zero-order valence-corrected chi connectivity index (χ0v) is 16.2. The average molecular weight is 399 g/mol. The summed E-state index contributed by atoms with van der Waals surface area (Å²) in [6.45, 7) is 0.359. The Balaban J connectivity index is 1.65. The minimum atomic E-state index is -0.742. The van der Waals surface area contributed by atoms with Crippen LogP contribution in [-0.2, 0) is 17.8 Å². The van der Waals surface area contributed by atoms with E-state index in [0.717, 1.165) is 11.1 Å². The lowest BCUT2D eigenvalue weighted by Gasteiger charge is -2.27.